The Morgan fingerprint density at radius 2 is 2.33 bits per heavy atom. The van der Waals surface area contributed by atoms with Crippen LogP contribution in [0.1, 0.15) is 26.7 Å². The Morgan fingerprint density at radius 3 is 2.93 bits per heavy atom. The van der Waals surface area contributed by atoms with Crippen molar-refractivity contribution in [2.75, 3.05) is 26.2 Å². The molecule has 0 aliphatic carbocycles. The molecule has 1 aliphatic rings. The summed E-state index contributed by atoms with van der Waals surface area (Å²) in [4.78, 5) is 13.5. The second-order valence-electron chi connectivity index (χ2n) is 4.29. The van der Waals surface area contributed by atoms with Crippen LogP contribution in [0.25, 0.3) is 0 Å². The highest BCUT2D eigenvalue weighted by atomic mass is 16.5. The summed E-state index contributed by atoms with van der Waals surface area (Å²) >= 11 is 0. The molecule has 0 aromatic rings. The number of rotatable bonds is 4. The van der Waals surface area contributed by atoms with Crippen LogP contribution in [0, 0.1) is 5.92 Å². The van der Waals surface area contributed by atoms with Gasteiger partial charge in [0.05, 0.1) is 13.2 Å². The third-order valence-corrected chi connectivity index (χ3v) is 3.01. The number of hydrogen-bond acceptors (Lipinski definition) is 4. The number of nitrogens with two attached hydrogens (primary N) is 1. The minimum atomic E-state index is -0.134. The van der Waals surface area contributed by atoms with E-state index in [9.17, 15) is 4.79 Å². The number of ether oxygens (including phenoxy) is 1. The molecule has 0 aromatic heterocycles. The van der Waals surface area contributed by atoms with Crippen LogP contribution in [0.4, 0.5) is 0 Å². The van der Waals surface area contributed by atoms with E-state index in [1.807, 2.05) is 6.92 Å². The van der Waals surface area contributed by atoms with Gasteiger partial charge in [-0.25, -0.2) is 0 Å². The maximum atomic E-state index is 11.3. The first-order chi connectivity index (χ1) is 7.17. The van der Waals surface area contributed by atoms with E-state index < -0.39 is 0 Å². The van der Waals surface area contributed by atoms with Gasteiger partial charge in [0.25, 0.3) is 0 Å². The van der Waals surface area contributed by atoms with Crippen LogP contribution in [0.15, 0.2) is 0 Å². The molecule has 1 aliphatic heterocycles. The molecule has 0 saturated carbocycles. The average molecular weight is 214 g/mol. The summed E-state index contributed by atoms with van der Waals surface area (Å²) < 4.78 is 4.94. The first kappa shape index (κ1) is 12.5. The van der Waals surface area contributed by atoms with E-state index in [1.54, 1.807) is 0 Å². The van der Waals surface area contributed by atoms with Gasteiger partial charge in [0.2, 0.25) is 0 Å². The molecular formula is C11H22N2O2. The Morgan fingerprint density at radius 1 is 1.60 bits per heavy atom. The van der Waals surface area contributed by atoms with Crippen LogP contribution in [0.5, 0.6) is 0 Å². The predicted octanol–water partition coefficient (Wildman–Crippen LogP) is 0.609. The van der Waals surface area contributed by atoms with Gasteiger partial charge in [-0.1, -0.05) is 6.92 Å². The molecule has 88 valence electrons. The van der Waals surface area contributed by atoms with Gasteiger partial charge >= 0.3 is 5.97 Å². The third kappa shape index (κ3) is 3.80. The van der Waals surface area contributed by atoms with Crippen LogP contribution in [-0.4, -0.2) is 43.2 Å². The summed E-state index contributed by atoms with van der Waals surface area (Å²) in [6.45, 7) is 6.51. The summed E-state index contributed by atoms with van der Waals surface area (Å²) in [5.74, 6) is 0.586. The average Bonchev–Trinajstić information content (AvgIpc) is 2.21. The Balaban J connectivity index is 2.42. The van der Waals surface area contributed by atoms with Gasteiger partial charge in [0.1, 0.15) is 0 Å². The van der Waals surface area contributed by atoms with Crippen molar-refractivity contribution >= 4 is 5.97 Å². The molecule has 0 aromatic carbocycles. The van der Waals surface area contributed by atoms with Crippen molar-refractivity contribution in [3.8, 4) is 0 Å². The maximum absolute atomic E-state index is 11.3. The zero-order valence-corrected chi connectivity index (χ0v) is 9.74. The first-order valence-electron chi connectivity index (χ1n) is 5.77. The fourth-order valence-corrected chi connectivity index (χ4v) is 2.13. The second kappa shape index (κ2) is 6.08. The van der Waals surface area contributed by atoms with Crippen molar-refractivity contribution in [1.29, 1.82) is 0 Å². The molecule has 0 spiro atoms. The lowest BCUT2D eigenvalue weighted by atomic mass is 9.92. The number of esters is 1. The molecule has 2 N–H and O–H groups in total. The summed E-state index contributed by atoms with van der Waals surface area (Å²) in [5.41, 5.74) is 5.71. The van der Waals surface area contributed by atoms with Crippen molar-refractivity contribution in [2.24, 2.45) is 11.7 Å². The molecule has 4 nitrogen and oxygen atoms in total. The molecular weight excluding hydrogens is 192 g/mol. The molecule has 1 rings (SSSR count). The highest BCUT2D eigenvalue weighted by Crippen LogP contribution is 2.21. The molecule has 4 heteroatoms. The summed E-state index contributed by atoms with van der Waals surface area (Å²) in [5, 5.41) is 0. The minimum Gasteiger partial charge on any atom is -0.465 e. The second-order valence-corrected chi connectivity index (χ2v) is 4.29. The SMILES string of the molecule is CCOC(=O)CN1CCC(C)CC1CN. The number of carbonyl (C=O) groups is 1. The van der Waals surface area contributed by atoms with Crippen LogP contribution in [0.2, 0.25) is 0 Å². The summed E-state index contributed by atoms with van der Waals surface area (Å²) in [6, 6.07) is 0.346. The zero-order valence-electron chi connectivity index (χ0n) is 9.74. The number of nitrogens with zero attached hydrogens (tertiary/aromatic N) is 1. The lowest BCUT2D eigenvalue weighted by Gasteiger charge is -2.37. The van der Waals surface area contributed by atoms with Crippen molar-refractivity contribution in [3.63, 3.8) is 0 Å². The highest BCUT2D eigenvalue weighted by Gasteiger charge is 2.26. The summed E-state index contributed by atoms with van der Waals surface area (Å²) in [6.07, 6.45) is 2.24. The summed E-state index contributed by atoms with van der Waals surface area (Å²) in [7, 11) is 0. The normalized spacial score (nSPS) is 27.7. The molecule has 2 atom stereocenters. The third-order valence-electron chi connectivity index (χ3n) is 3.01. The molecule has 1 heterocycles. The van der Waals surface area contributed by atoms with E-state index in [2.05, 4.69) is 11.8 Å². The number of hydrogen-bond donors (Lipinski definition) is 1. The molecule has 0 radical (unpaired) electrons. The molecule has 15 heavy (non-hydrogen) atoms. The van der Waals surface area contributed by atoms with Gasteiger partial charge in [0, 0.05) is 12.6 Å². The maximum Gasteiger partial charge on any atom is 0.320 e. The predicted molar refractivity (Wildman–Crippen MR) is 59.4 cm³/mol. The Kier molecular flexibility index (Phi) is 5.05. The molecule has 2 unspecified atom stereocenters. The van der Waals surface area contributed by atoms with Crippen LogP contribution in [-0.2, 0) is 9.53 Å². The lowest BCUT2D eigenvalue weighted by Crippen LogP contribution is -2.48. The monoisotopic (exact) mass is 214 g/mol. The largest absolute Gasteiger partial charge is 0.465 e. The van der Waals surface area contributed by atoms with Crippen LogP contribution >= 0.6 is 0 Å². The van der Waals surface area contributed by atoms with Gasteiger partial charge < -0.3 is 10.5 Å². The molecule has 0 bridgehead atoms. The van der Waals surface area contributed by atoms with Gasteiger partial charge in [-0.3, -0.25) is 9.69 Å². The van der Waals surface area contributed by atoms with E-state index in [1.165, 1.54) is 0 Å². The van der Waals surface area contributed by atoms with Crippen molar-refractivity contribution < 1.29 is 9.53 Å². The smallest absolute Gasteiger partial charge is 0.320 e. The van der Waals surface area contributed by atoms with Crippen molar-refractivity contribution in [3.05, 3.63) is 0 Å². The van der Waals surface area contributed by atoms with Gasteiger partial charge in [-0.05, 0) is 32.2 Å². The molecule has 1 saturated heterocycles. The zero-order chi connectivity index (χ0) is 11.3. The van der Waals surface area contributed by atoms with E-state index in [0.717, 1.165) is 25.3 Å². The quantitative estimate of drug-likeness (QED) is 0.697. The Hall–Kier alpha value is -0.610. The number of likely N-dealkylation sites (tertiary alicyclic amines) is 1. The van der Waals surface area contributed by atoms with Gasteiger partial charge in [0.15, 0.2) is 0 Å². The van der Waals surface area contributed by atoms with Crippen molar-refractivity contribution in [1.82, 2.24) is 4.90 Å². The van der Waals surface area contributed by atoms with Gasteiger partial charge in [-0.15, -0.1) is 0 Å². The van der Waals surface area contributed by atoms with Gasteiger partial charge in [-0.2, -0.15) is 0 Å². The van der Waals surface area contributed by atoms with Crippen molar-refractivity contribution in [2.45, 2.75) is 32.7 Å². The van der Waals surface area contributed by atoms with E-state index >= 15 is 0 Å². The van der Waals surface area contributed by atoms with E-state index in [-0.39, 0.29) is 5.97 Å². The Labute approximate surface area is 91.8 Å². The van der Waals surface area contributed by atoms with Crippen LogP contribution < -0.4 is 5.73 Å². The molecule has 1 fully saturated rings. The first-order valence-corrected chi connectivity index (χ1v) is 5.77. The Bertz CT molecular complexity index is 209. The standard InChI is InChI=1S/C11H22N2O2/c1-3-15-11(14)8-13-5-4-9(2)6-10(13)7-12/h9-10H,3-8,12H2,1-2H3. The fraction of sp³-hybridized carbons (Fsp3) is 0.909. The fourth-order valence-electron chi connectivity index (χ4n) is 2.13. The van der Waals surface area contributed by atoms with Crippen LogP contribution in [0.3, 0.4) is 0 Å². The topological polar surface area (TPSA) is 55.6 Å². The molecule has 0 amide bonds. The minimum absolute atomic E-state index is 0.134. The number of carbonyl (C=O) groups excluding carboxylic acids is 1. The highest BCUT2D eigenvalue weighted by molar-refractivity contribution is 5.71. The van der Waals surface area contributed by atoms with E-state index in [0.29, 0.717) is 25.7 Å². The van der Waals surface area contributed by atoms with E-state index in [4.69, 9.17) is 10.5 Å². The number of piperidine rings is 1. The lowest BCUT2D eigenvalue weighted by molar-refractivity contribution is -0.145.